The maximum absolute atomic E-state index is 11.8. The summed E-state index contributed by atoms with van der Waals surface area (Å²) in [6.07, 6.45) is 3.47. The number of hydrogen-bond donors (Lipinski definition) is 2. The van der Waals surface area contributed by atoms with E-state index in [0.29, 0.717) is 0 Å². The van der Waals surface area contributed by atoms with Gasteiger partial charge in [0.15, 0.2) is 10.9 Å². The molecule has 88 valence electrons. The van der Waals surface area contributed by atoms with Gasteiger partial charge in [0.2, 0.25) is 0 Å². The predicted molar refractivity (Wildman–Crippen MR) is 69.3 cm³/mol. The lowest BCUT2D eigenvalue weighted by Crippen LogP contribution is -2.07. The molecule has 0 bridgehead atoms. The van der Waals surface area contributed by atoms with Gasteiger partial charge in [0.05, 0.1) is 12.0 Å². The number of para-hydroxylation sites is 1. The zero-order chi connectivity index (χ0) is 12.3. The van der Waals surface area contributed by atoms with Gasteiger partial charge in [0.1, 0.15) is 5.75 Å². The van der Waals surface area contributed by atoms with Crippen LogP contribution in [0.15, 0.2) is 47.2 Å². The second kappa shape index (κ2) is 5.01. The topological polar surface area (TPSA) is 54.4 Å². The fraction of sp³-hybridized carbons (Fsp3) is 0.0769. The van der Waals surface area contributed by atoms with Crippen LogP contribution in [-0.2, 0) is 4.79 Å². The molecule has 1 aliphatic rings. The normalized spacial score (nSPS) is 15.2. The summed E-state index contributed by atoms with van der Waals surface area (Å²) in [7, 11) is -0.941. The molecule has 3 nitrogen and oxygen atoms in total. The highest BCUT2D eigenvalue weighted by Crippen LogP contribution is 2.35. The summed E-state index contributed by atoms with van der Waals surface area (Å²) in [4.78, 5) is 23.6. The number of carbonyl (C=O) groups excluding carboxylic acids is 2. The van der Waals surface area contributed by atoms with E-state index in [1.165, 1.54) is 12.1 Å². The summed E-state index contributed by atoms with van der Waals surface area (Å²) in [5, 5.41) is 13.0. The van der Waals surface area contributed by atoms with Gasteiger partial charge in [-0.25, -0.2) is 0 Å². The van der Waals surface area contributed by atoms with Gasteiger partial charge in [0.25, 0.3) is 0 Å². The van der Waals surface area contributed by atoms with Crippen LogP contribution >= 0.6 is 10.9 Å². The van der Waals surface area contributed by atoms with E-state index < -0.39 is 10.9 Å². The van der Waals surface area contributed by atoms with Gasteiger partial charge >= 0.3 is 0 Å². The first kappa shape index (κ1) is 11.7. The van der Waals surface area contributed by atoms with E-state index in [4.69, 9.17) is 0 Å². The number of benzene rings is 1. The van der Waals surface area contributed by atoms with Crippen molar-refractivity contribution in [2.24, 2.45) is 0 Å². The Morgan fingerprint density at radius 2 is 1.76 bits per heavy atom. The molecule has 1 aliphatic heterocycles. The monoisotopic (exact) mass is 248 g/mol. The van der Waals surface area contributed by atoms with Crippen molar-refractivity contribution in [2.75, 3.05) is 0 Å². The minimum absolute atomic E-state index is 0.0735. The summed E-state index contributed by atoms with van der Waals surface area (Å²) in [5.74, 6) is -0.403. The first-order valence-electron chi connectivity index (χ1n) is 5.16. The van der Waals surface area contributed by atoms with Crippen LogP contribution in [0.2, 0.25) is 0 Å². The Labute approximate surface area is 102 Å². The number of Topliss-reactive ketones (excluding diaryl/α,β-unsaturated/α-hetero) is 1. The molecule has 1 heterocycles. The lowest BCUT2D eigenvalue weighted by atomic mass is 10.1. The van der Waals surface area contributed by atoms with Gasteiger partial charge in [-0.1, -0.05) is 24.3 Å². The molecule has 0 spiro atoms. The van der Waals surface area contributed by atoms with Crippen LogP contribution in [0, 0.1) is 0 Å². The quantitative estimate of drug-likeness (QED) is 0.491. The molecule has 0 saturated heterocycles. The Morgan fingerprint density at radius 3 is 2.41 bits per heavy atom. The van der Waals surface area contributed by atoms with Crippen LogP contribution in [0.3, 0.4) is 0 Å². The lowest BCUT2D eigenvalue weighted by molar-refractivity contribution is -0.110. The van der Waals surface area contributed by atoms with E-state index in [1.54, 1.807) is 12.1 Å². The molecule has 2 rings (SSSR count). The molecule has 0 saturated carbocycles. The van der Waals surface area contributed by atoms with E-state index in [2.05, 4.69) is 0 Å². The highest BCUT2D eigenvalue weighted by Gasteiger charge is 2.18. The van der Waals surface area contributed by atoms with Crippen molar-refractivity contribution in [1.29, 1.82) is 0 Å². The van der Waals surface area contributed by atoms with Crippen LogP contribution in [0.4, 0.5) is 0 Å². The minimum Gasteiger partial charge on any atom is -0.507 e. The third-order valence-electron chi connectivity index (χ3n) is 2.41. The molecule has 1 aromatic rings. The third kappa shape index (κ3) is 2.65. The van der Waals surface area contributed by atoms with Gasteiger partial charge in [-0.2, -0.15) is 10.9 Å². The third-order valence-corrected chi connectivity index (χ3v) is 4.13. The smallest absolute Gasteiger partial charge is 0.184 e. The average molecular weight is 248 g/mol. The van der Waals surface area contributed by atoms with E-state index in [-0.39, 0.29) is 28.6 Å². The number of phenols is 1. The molecule has 1 aromatic carbocycles. The van der Waals surface area contributed by atoms with E-state index >= 15 is 0 Å². The highest BCUT2D eigenvalue weighted by atomic mass is 32.2. The number of rotatable bonds is 3. The standard InChI is InChI=1S/C13H12O3S/c14-11-6-2-1-5-10(11)12(15)9-13(16)17-7-3-4-8-17/h1-8,14,17H,9H2. The maximum atomic E-state index is 11.8. The van der Waals surface area contributed by atoms with Gasteiger partial charge in [-0.05, 0) is 22.9 Å². The molecular weight excluding hydrogens is 236 g/mol. The molecule has 0 atom stereocenters. The number of thiol groups is 1. The summed E-state index contributed by atoms with van der Waals surface area (Å²) >= 11 is 0. The van der Waals surface area contributed by atoms with Gasteiger partial charge < -0.3 is 5.11 Å². The van der Waals surface area contributed by atoms with Gasteiger partial charge in [0, 0.05) is 0 Å². The number of aromatic hydroxyl groups is 1. The highest BCUT2D eigenvalue weighted by molar-refractivity contribution is 8.34. The van der Waals surface area contributed by atoms with E-state index in [9.17, 15) is 14.7 Å². The summed E-state index contributed by atoms with van der Waals surface area (Å²) < 4.78 is 0. The Balaban J connectivity index is 2.07. The fourth-order valence-electron chi connectivity index (χ4n) is 1.53. The molecular formula is C13H12O3S. The molecule has 0 amide bonds. The van der Waals surface area contributed by atoms with E-state index in [0.717, 1.165) is 0 Å². The zero-order valence-corrected chi connectivity index (χ0v) is 9.93. The number of hydrogen-bond acceptors (Lipinski definition) is 3. The van der Waals surface area contributed by atoms with Crippen molar-refractivity contribution in [3.63, 3.8) is 0 Å². The second-order valence-corrected chi connectivity index (χ2v) is 5.51. The van der Waals surface area contributed by atoms with Gasteiger partial charge in [-0.3, -0.25) is 9.59 Å². The fourth-order valence-corrected chi connectivity index (χ4v) is 2.86. The number of carbonyl (C=O) groups is 2. The Hall–Kier alpha value is -1.81. The van der Waals surface area contributed by atoms with E-state index in [1.807, 2.05) is 23.0 Å². The Bertz CT molecular complexity index is 505. The van der Waals surface area contributed by atoms with Crippen LogP contribution in [0.1, 0.15) is 16.8 Å². The molecule has 0 aliphatic carbocycles. The molecule has 0 radical (unpaired) electrons. The van der Waals surface area contributed by atoms with Crippen molar-refractivity contribution in [2.45, 2.75) is 6.42 Å². The summed E-state index contributed by atoms with van der Waals surface area (Å²) in [5.41, 5.74) is 0.211. The second-order valence-electron chi connectivity index (χ2n) is 3.60. The van der Waals surface area contributed by atoms with Crippen LogP contribution in [0.5, 0.6) is 5.75 Å². The minimum atomic E-state index is -0.941. The molecule has 1 N–H and O–H groups in total. The molecule has 0 unspecified atom stereocenters. The van der Waals surface area contributed by atoms with Crippen molar-refractivity contribution in [1.82, 2.24) is 0 Å². The van der Waals surface area contributed by atoms with Crippen molar-refractivity contribution < 1.29 is 14.7 Å². The van der Waals surface area contributed by atoms with Crippen molar-refractivity contribution in [3.8, 4) is 5.75 Å². The predicted octanol–water partition coefficient (Wildman–Crippen LogP) is 2.53. The number of phenolic OH excluding ortho intramolecular Hbond substituents is 1. The first-order valence-corrected chi connectivity index (χ1v) is 6.64. The molecule has 17 heavy (non-hydrogen) atoms. The molecule has 0 fully saturated rings. The maximum Gasteiger partial charge on any atom is 0.184 e. The zero-order valence-electron chi connectivity index (χ0n) is 9.04. The number of ketones is 1. The first-order chi connectivity index (χ1) is 8.18. The largest absolute Gasteiger partial charge is 0.507 e. The molecule has 4 heteroatoms. The number of allylic oxidation sites excluding steroid dienone is 2. The van der Waals surface area contributed by atoms with Crippen LogP contribution < -0.4 is 0 Å². The SMILES string of the molecule is O=C(CC(=O)[SH]1C=CC=C1)c1ccccc1O. The van der Waals surface area contributed by atoms with Crippen LogP contribution in [0.25, 0.3) is 0 Å². The summed E-state index contributed by atoms with van der Waals surface area (Å²) in [6, 6.07) is 6.27. The Kier molecular flexibility index (Phi) is 3.44. The molecule has 0 aromatic heterocycles. The average Bonchev–Trinajstić information content (AvgIpc) is 2.82. The lowest BCUT2D eigenvalue weighted by Gasteiger charge is -2.08. The van der Waals surface area contributed by atoms with Gasteiger partial charge in [-0.15, -0.1) is 0 Å². The van der Waals surface area contributed by atoms with Crippen molar-refractivity contribution in [3.05, 3.63) is 52.8 Å². The summed E-state index contributed by atoms with van der Waals surface area (Å²) in [6.45, 7) is 0. The Morgan fingerprint density at radius 1 is 1.12 bits per heavy atom. The van der Waals surface area contributed by atoms with Crippen LogP contribution in [-0.4, -0.2) is 16.0 Å². The van der Waals surface area contributed by atoms with Crippen molar-refractivity contribution >= 4 is 21.8 Å².